The van der Waals surface area contributed by atoms with E-state index in [1.54, 1.807) is 7.05 Å². The minimum atomic E-state index is -0.371. The molecule has 2 amide bonds. The largest absolute Gasteiger partial charge is 0.368 e. The SMILES string of the molecule is CNC1CCNC(=O)c2cc(c(C)cc2C)-c2cc(nc(N)n2)SCCNC1=O. The number of anilines is 1. The molecule has 0 radical (unpaired) electrons. The first-order valence-corrected chi connectivity index (χ1v) is 10.5. The van der Waals surface area contributed by atoms with Gasteiger partial charge in [-0.2, -0.15) is 0 Å². The van der Waals surface area contributed by atoms with Crippen LogP contribution in [0.2, 0.25) is 0 Å². The summed E-state index contributed by atoms with van der Waals surface area (Å²) in [4.78, 5) is 33.8. The van der Waals surface area contributed by atoms with Gasteiger partial charge in [0.1, 0.15) is 5.03 Å². The third-order valence-electron chi connectivity index (χ3n) is 4.85. The van der Waals surface area contributed by atoms with Gasteiger partial charge in [-0.3, -0.25) is 9.59 Å². The van der Waals surface area contributed by atoms with E-state index in [2.05, 4.69) is 25.9 Å². The lowest BCUT2D eigenvalue weighted by atomic mass is 9.97. The Balaban J connectivity index is 2.01. The predicted molar refractivity (Wildman–Crippen MR) is 115 cm³/mol. The van der Waals surface area contributed by atoms with Crippen LogP contribution in [0.15, 0.2) is 23.2 Å². The third kappa shape index (κ3) is 5.04. The highest BCUT2D eigenvalue weighted by atomic mass is 32.2. The molecule has 0 saturated carbocycles. The summed E-state index contributed by atoms with van der Waals surface area (Å²) in [5, 5.41) is 9.56. The molecule has 1 atom stereocenters. The number of likely N-dealkylation sites (N-methyl/N-ethyl adjacent to an activating group) is 1. The van der Waals surface area contributed by atoms with Crippen LogP contribution >= 0.6 is 11.8 Å². The first-order valence-electron chi connectivity index (χ1n) is 9.51. The number of benzene rings is 1. The lowest BCUT2D eigenvalue weighted by Gasteiger charge is -2.18. The van der Waals surface area contributed by atoms with Crippen molar-refractivity contribution in [3.63, 3.8) is 0 Å². The Hall–Kier alpha value is -2.65. The second-order valence-electron chi connectivity index (χ2n) is 6.96. The molecule has 3 rings (SSSR count). The van der Waals surface area contributed by atoms with Crippen LogP contribution in [0.4, 0.5) is 5.95 Å². The van der Waals surface area contributed by atoms with E-state index < -0.39 is 0 Å². The summed E-state index contributed by atoms with van der Waals surface area (Å²) < 4.78 is 0. The van der Waals surface area contributed by atoms with Gasteiger partial charge >= 0.3 is 0 Å². The molecule has 5 N–H and O–H groups in total. The van der Waals surface area contributed by atoms with Crippen LogP contribution in [0.5, 0.6) is 0 Å². The van der Waals surface area contributed by atoms with E-state index in [0.29, 0.717) is 36.5 Å². The van der Waals surface area contributed by atoms with Crippen LogP contribution in [0, 0.1) is 13.8 Å². The number of nitrogens with one attached hydrogen (secondary N) is 3. The smallest absolute Gasteiger partial charge is 0.251 e. The minimum absolute atomic E-state index is 0.0915. The zero-order valence-electron chi connectivity index (χ0n) is 16.8. The number of aryl methyl sites for hydroxylation is 2. The summed E-state index contributed by atoms with van der Waals surface area (Å²) in [6.07, 6.45) is 0.498. The fraction of sp³-hybridized carbons (Fsp3) is 0.400. The van der Waals surface area contributed by atoms with Crippen molar-refractivity contribution in [3.05, 3.63) is 34.9 Å². The average molecular weight is 415 g/mol. The first-order chi connectivity index (χ1) is 13.9. The number of carbonyl (C=O) groups is 2. The lowest BCUT2D eigenvalue weighted by molar-refractivity contribution is -0.123. The van der Waals surface area contributed by atoms with Crippen molar-refractivity contribution in [2.24, 2.45) is 0 Å². The molecule has 1 unspecified atom stereocenters. The van der Waals surface area contributed by atoms with E-state index in [-0.39, 0.29) is 23.8 Å². The summed E-state index contributed by atoms with van der Waals surface area (Å²) in [6, 6.07) is 5.32. The van der Waals surface area contributed by atoms with Crippen LogP contribution in [0.25, 0.3) is 11.3 Å². The van der Waals surface area contributed by atoms with E-state index in [1.165, 1.54) is 11.8 Å². The fourth-order valence-corrected chi connectivity index (χ4v) is 4.08. The number of fused-ring (bicyclic) bond motifs is 5. The highest BCUT2D eigenvalue weighted by molar-refractivity contribution is 7.99. The molecule has 9 heteroatoms. The molecule has 2 aromatic rings. The van der Waals surface area contributed by atoms with Crippen LogP contribution in [0.3, 0.4) is 0 Å². The number of rotatable bonds is 1. The Morgan fingerprint density at radius 1 is 1.07 bits per heavy atom. The van der Waals surface area contributed by atoms with E-state index in [0.717, 1.165) is 21.7 Å². The maximum Gasteiger partial charge on any atom is 0.251 e. The second-order valence-corrected chi connectivity index (χ2v) is 8.07. The number of amides is 2. The first kappa shape index (κ1) is 21.1. The molecule has 0 spiro atoms. The summed E-state index contributed by atoms with van der Waals surface area (Å²) in [5.74, 6) is 0.567. The molecular weight excluding hydrogens is 388 g/mol. The number of hydrogen-bond donors (Lipinski definition) is 4. The Kier molecular flexibility index (Phi) is 6.71. The van der Waals surface area contributed by atoms with Gasteiger partial charge in [0, 0.05) is 30.0 Å². The van der Waals surface area contributed by atoms with Crippen LogP contribution in [-0.4, -0.2) is 53.7 Å². The highest BCUT2D eigenvalue weighted by Gasteiger charge is 2.19. The Morgan fingerprint density at radius 2 is 1.83 bits per heavy atom. The van der Waals surface area contributed by atoms with Gasteiger partial charge in [0.15, 0.2) is 0 Å². The van der Waals surface area contributed by atoms with Gasteiger partial charge in [-0.05, 0) is 50.6 Å². The van der Waals surface area contributed by atoms with Gasteiger partial charge < -0.3 is 21.7 Å². The van der Waals surface area contributed by atoms with Gasteiger partial charge in [0.2, 0.25) is 11.9 Å². The van der Waals surface area contributed by atoms with E-state index >= 15 is 0 Å². The quantitative estimate of drug-likeness (QED) is 0.518. The van der Waals surface area contributed by atoms with Crippen molar-refractivity contribution in [2.75, 3.05) is 31.6 Å². The van der Waals surface area contributed by atoms with Crippen LogP contribution in [-0.2, 0) is 4.79 Å². The zero-order valence-corrected chi connectivity index (χ0v) is 17.7. The van der Waals surface area contributed by atoms with E-state index in [9.17, 15) is 9.59 Å². The number of hydrogen-bond acceptors (Lipinski definition) is 7. The number of aromatic nitrogens is 2. The fourth-order valence-electron chi connectivity index (χ4n) is 3.31. The second kappa shape index (κ2) is 9.23. The number of nitrogens with two attached hydrogens (primary N) is 1. The normalized spacial score (nSPS) is 18.1. The predicted octanol–water partition coefficient (Wildman–Crippen LogP) is 1.27. The molecule has 1 aliphatic heterocycles. The molecule has 0 aliphatic carbocycles. The minimum Gasteiger partial charge on any atom is -0.368 e. The zero-order chi connectivity index (χ0) is 21.0. The summed E-state index contributed by atoms with van der Waals surface area (Å²) in [6.45, 7) is 4.78. The lowest BCUT2D eigenvalue weighted by Crippen LogP contribution is -2.45. The van der Waals surface area contributed by atoms with Gasteiger partial charge in [0.05, 0.1) is 11.7 Å². The summed E-state index contributed by atoms with van der Waals surface area (Å²) in [7, 11) is 1.74. The maximum atomic E-state index is 12.8. The Morgan fingerprint density at radius 3 is 2.59 bits per heavy atom. The number of nitrogen functional groups attached to an aromatic ring is 1. The summed E-state index contributed by atoms with van der Waals surface area (Å²) in [5.41, 5.74) is 9.93. The van der Waals surface area contributed by atoms with E-state index in [4.69, 9.17) is 5.73 Å². The van der Waals surface area contributed by atoms with Crippen LogP contribution < -0.4 is 21.7 Å². The molecular formula is C20H26N6O2S. The van der Waals surface area contributed by atoms with E-state index in [1.807, 2.05) is 32.0 Å². The van der Waals surface area contributed by atoms with Gasteiger partial charge in [-0.25, -0.2) is 9.97 Å². The monoisotopic (exact) mass is 414 g/mol. The Labute approximate surface area is 174 Å². The topological polar surface area (TPSA) is 122 Å². The van der Waals surface area contributed by atoms with Gasteiger partial charge in [-0.15, -0.1) is 11.8 Å². The third-order valence-corrected chi connectivity index (χ3v) is 5.76. The molecule has 154 valence electrons. The number of carbonyl (C=O) groups excluding carboxylic acids is 2. The molecule has 1 aliphatic rings. The number of nitrogens with zero attached hydrogens (tertiary/aromatic N) is 2. The van der Waals surface area contributed by atoms with Crippen LogP contribution in [0.1, 0.15) is 27.9 Å². The maximum absolute atomic E-state index is 12.8. The molecule has 1 aromatic heterocycles. The molecule has 0 saturated heterocycles. The van der Waals surface area contributed by atoms with Gasteiger partial charge in [0.25, 0.3) is 5.91 Å². The summed E-state index contributed by atoms with van der Waals surface area (Å²) >= 11 is 1.50. The van der Waals surface area contributed by atoms with Crippen molar-refractivity contribution in [2.45, 2.75) is 31.3 Å². The molecule has 29 heavy (non-hydrogen) atoms. The van der Waals surface area contributed by atoms with Crippen molar-refractivity contribution in [1.29, 1.82) is 0 Å². The van der Waals surface area contributed by atoms with Gasteiger partial charge in [-0.1, -0.05) is 6.07 Å². The average Bonchev–Trinajstić information content (AvgIpc) is 2.67. The standard InChI is InChI=1S/C20H26N6O2S/c1-11-8-12(2)14-9-13(11)16-10-17(26-20(21)25-16)29-7-6-24-19(28)15(22-3)4-5-23-18(14)27/h8-10,15,22H,4-7H2,1-3H3,(H,23,27)(H,24,28)(H2,21,25,26). The molecule has 2 heterocycles. The van der Waals surface area contributed by atoms with Crippen molar-refractivity contribution in [1.82, 2.24) is 25.9 Å². The number of thioether (sulfide) groups is 1. The molecule has 1 aromatic carbocycles. The van der Waals surface area contributed by atoms with Crippen molar-refractivity contribution < 1.29 is 9.59 Å². The Bertz CT molecular complexity index is 933. The van der Waals surface area contributed by atoms with Crippen molar-refractivity contribution in [3.8, 4) is 11.3 Å². The van der Waals surface area contributed by atoms with Crippen molar-refractivity contribution >= 4 is 29.5 Å². The molecule has 8 nitrogen and oxygen atoms in total. The highest BCUT2D eigenvalue weighted by Crippen LogP contribution is 2.28. The molecule has 4 bridgehead atoms. The molecule has 0 fully saturated rings.